The number of nitrogens with two attached hydrogens (primary N) is 1. The number of hydrogen-bond donors (Lipinski definition) is 2. The van der Waals surface area contributed by atoms with Crippen molar-refractivity contribution in [1.82, 2.24) is 5.32 Å². The second-order valence-corrected chi connectivity index (χ2v) is 5.45. The fourth-order valence-corrected chi connectivity index (χ4v) is 2.05. The van der Waals surface area contributed by atoms with Crippen LogP contribution in [0.1, 0.15) is 52.4 Å². The second kappa shape index (κ2) is 5.50. The third-order valence-electron chi connectivity index (χ3n) is 3.00. The molecule has 3 nitrogen and oxygen atoms in total. The Balaban J connectivity index is 2.08. The predicted molar refractivity (Wildman–Crippen MR) is 62.5 cm³/mol. The van der Waals surface area contributed by atoms with Crippen LogP contribution in [0.3, 0.4) is 0 Å². The minimum Gasteiger partial charge on any atom is -0.354 e. The van der Waals surface area contributed by atoms with Gasteiger partial charge in [-0.25, -0.2) is 0 Å². The SMILES string of the molecule is CC(C)(N)CNC(=O)CCC1CCCC1. The third kappa shape index (κ3) is 5.78. The van der Waals surface area contributed by atoms with Crippen LogP contribution in [0.15, 0.2) is 0 Å². The Hall–Kier alpha value is -0.570. The van der Waals surface area contributed by atoms with Gasteiger partial charge >= 0.3 is 0 Å². The van der Waals surface area contributed by atoms with Crippen LogP contribution in [-0.2, 0) is 4.79 Å². The zero-order valence-electron chi connectivity index (χ0n) is 10.0. The van der Waals surface area contributed by atoms with Crippen LogP contribution in [0, 0.1) is 5.92 Å². The molecule has 0 unspecified atom stereocenters. The van der Waals surface area contributed by atoms with Crippen molar-refractivity contribution < 1.29 is 4.79 Å². The molecule has 1 saturated carbocycles. The van der Waals surface area contributed by atoms with Gasteiger partial charge in [0.1, 0.15) is 0 Å². The van der Waals surface area contributed by atoms with E-state index in [0.29, 0.717) is 13.0 Å². The average molecular weight is 212 g/mol. The molecule has 0 aliphatic heterocycles. The molecule has 3 heteroatoms. The molecule has 0 radical (unpaired) electrons. The molecular weight excluding hydrogens is 188 g/mol. The topological polar surface area (TPSA) is 55.1 Å². The van der Waals surface area contributed by atoms with Crippen LogP contribution < -0.4 is 11.1 Å². The van der Waals surface area contributed by atoms with E-state index in [9.17, 15) is 4.79 Å². The van der Waals surface area contributed by atoms with E-state index in [1.54, 1.807) is 0 Å². The van der Waals surface area contributed by atoms with Crippen LogP contribution in [0.5, 0.6) is 0 Å². The van der Waals surface area contributed by atoms with E-state index in [4.69, 9.17) is 5.73 Å². The van der Waals surface area contributed by atoms with Gasteiger partial charge in [0.2, 0.25) is 5.91 Å². The Morgan fingerprint density at radius 2 is 2.00 bits per heavy atom. The molecular formula is C12H24N2O. The number of amides is 1. The monoisotopic (exact) mass is 212 g/mol. The normalized spacial score (nSPS) is 18.1. The summed E-state index contributed by atoms with van der Waals surface area (Å²) in [5.41, 5.74) is 5.48. The van der Waals surface area contributed by atoms with Crippen molar-refractivity contribution in [3.05, 3.63) is 0 Å². The smallest absolute Gasteiger partial charge is 0.220 e. The van der Waals surface area contributed by atoms with Gasteiger partial charge in [-0.1, -0.05) is 25.7 Å². The Kier molecular flexibility index (Phi) is 4.58. The van der Waals surface area contributed by atoms with Gasteiger partial charge in [-0.2, -0.15) is 0 Å². The van der Waals surface area contributed by atoms with E-state index < -0.39 is 0 Å². The molecule has 0 atom stereocenters. The van der Waals surface area contributed by atoms with Crippen LogP contribution in [0.4, 0.5) is 0 Å². The van der Waals surface area contributed by atoms with Crippen molar-refractivity contribution >= 4 is 5.91 Å². The maximum absolute atomic E-state index is 11.5. The number of carbonyl (C=O) groups is 1. The molecule has 1 aliphatic carbocycles. The zero-order valence-corrected chi connectivity index (χ0v) is 10.0. The molecule has 1 amide bonds. The van der Waals surface area contributed by atoms with Gasteiger partial charge in [0.05, 0.1) is 0 Å². The highest BCUT2D eigenvalue weighted by Crippen LogP contribution is 2.28. The first kappa shape index (κ1) is 12.5. The molecule has 0 heterocycles. The molecule has 3 N–H and O–H groups in total. The number of nitrogens with one attached hydrogen (secondary N) is 1. The van der Waals surface area contributed by atoms with Gasteiger partial charge in [0.15, 0.2) is 0 Å². The van der Waals surface area contributed by atoms with Gasteiger partial charge in [0.25, 0.3) is 0 Å². The molecule has 88 valence electrons. The van der Waals surface area contributed by atoms with Gasteiger partial charge in [-0.05, 0) is 26.2 Å². The van der Waals surface area contributed by atoms with E-state index in [-0.39, 0.29) is 11.4 Å². The first-order valence-electron chi connectivity index (χ1n) is 6.03. The highest BCUT2D eigenvalue weighted by Gasteiger charge is 2.17. The Morgan fingerprint density at radius 1 is 1.40 bits per heavy atom. The highest BCUT2D eigenvalue weighted by atomic mass is 16.1. The van der Waals surface area contributed by atoms with Crippen LogP contribution in [0.2, 0.25) is 0 Å². The lowest BCUT2D eigenvalue weighted by atomic mass is 10.0. The summed E-state index contributed by atoms with van der Waals surface area (Å²) >= 11 is 0. The second-order valence-electron chi connectivity index (χ2n) is 5.45. The lowest BCUT2D eigenvalue weighted by molar-refractivity contribution is -0.121. The summed E-state index contributed by atoms with van der Waals surface area (Å²) in [6.45, 7) is 4.41. The molecule has 1 rings (SSSR count). The maximum atomic E-state index is 11.5. The first-order valence-corrected chi connectivity index (χ1v) is 6.03. The summed E-state index contributed by atoms with van der Waals surface area (Å²) in [6.07, 6.45) is 7.05. The van der Waals surface area contributed by atoms with E-state index in [0.717, 1.165) is 12.3 Å². The van der Waals surface area contributed by atoms with Crippen LogP contribution in [-0.4, -0.2) is 18.0 Å². The largest absolute Gasteiger partial charge is 0.354 e. The molecule has 0 aromatic rings. The molecule has 0 spiro atoms. The number of rotatable bonds is 5. The number of carbonyl (C=O) groups excluding carboxylic acids is 1. The lowest BCUT2D eigenvalue weighted by Gasteiger charge is -2.19. The van der Waals surface area contributed by atoms with Crippen LogP contribution in [0.25, 0.3) is 0 Å². The summed E-state index contributed by atoms with van der Waals surface area (Å²) in [4.78, 5) is 11.5. The Morgan fingerprint density at radius 3 is 2.53 bits per heavy atom. The van der Waals surface area contributed by atoms with Gasteiger partial charge < -0.3 is 11.1 Å². The molecule has 0 aromatic carbocycles. The van der Waals surface area contributed by atoms with E-state index in [1.165, 1.54) is 25.7 Å². The Bertz CT molecular complexity index is 202. The van der Waals surface area contributed by atoms with E-state index in [1.807, 2.05) is 13.8 Å². The van der Waals surface area contributed by atoms with Crippen molar-refractivity contribution in [2.75, 3.05) is 6.54 Å². The van der Waals surface area contributed by atoms with Crippen molar-refractivity contribution in [1.29, 1.82) is 0 Å². The third-order valence-corrected chi connectivity index (χ3v) is 3.00. The molecule has 0 bridgehead atoms. The first-order chi connectivity index (χ1) is 6.97. The summed E-state index contributed by atoms with van der Waals surface area (Å²) in [7, 11) is 0. The molecule has 1 fully saturated rings. The fraction of sp³-hybridized carbons (Fsp3) is 0.917. The number of hydrogen-bond acceptors (Lipinski definition) is 2. The molecule has 0 saturated heterocycles. The predicted octanol–water partition coefficient (Wildman–Crippen LogP) is 1.81. The summed E-state index contributed by atoms with van der Waals surface area (Å²) in [5.74, 6) is 0.946. The molecule has 15 heavy (non-hydrogen) atoms. The van der Waals surface area contributed by atoms with Crippen molar-refractivity contribution in [3.8, 4) is 0 Å². The molecule has 0 aromatic heterocycles. The van der Waals surface area contributed by atoms with Crippen molar-refractivity contribution in [2.24, 2.45) is 11.7 Å². The van der Waals surface area contributed by atoms with Crippen molar-refractivity contribution in [3.63, 3.8) is 0 Å². The van der Waals surface area contributed by atoms with Gasteiger partial charge in [-0.15, -0.1) is 0 Å². The highest BCUT2D eigenvalue weighted by molar-refractivity contribution is 5.75. The maximum Gasteiger partial charge on any atom is 0.220 e. The average Bonchev–Trinajstić information content (AvgIpc) is 2.62. The standard InChI is InChI=1S/C12H24N2O/c1-12(2,13)9-14-11(15)8-7-10-5-3-4-6-10/h10H,3-9,13H2,1-2H3,(H,14,15). The minimum atomic E-state index is -0.303. The Labute approximate surface area is 92.8 Å². The summed E-state index contributed by atoms with van der Waals surface area (Å²) in [6, 6.07) is 0. The van der Waals surface area contributed by atoms with Crippen LogP contribution >= 0.6 is 0 Å². The lowest BCUT2D eigenvalue weighted by Crippen LogP contribution is -2.45. The quantitative estimate of drug-likeness (QED) is 0.730. The van der Waals surface area contributed by atoms with Gasteiger partial charge in [0, 0.05) is 18.5 Å². The summed E-state index contributed by atoms with van der Waals surface area (Å²) in [5, 5.41) is 2.88. The van der Waals surface area contributed by atoms with E-state index >= 15 is 0 Å². The fourth-order valence-electron chi connectivity index (χ4n) is 2.05. The molecule has 1 aliphatic rings. The van der Waals surface area contributed by atoms with Gasteiger partial charge in [-0.3, -0.25) is 4.79 Å². The van der Waals surface area contributed by atoms with Crippen molar-refractivity contribution in [2.45, 2.75) is 57.9 Å². The summed E-state index contributed by atoms with van der Waals surface area (Å²) < 4.78 is 0. The zero-order chi connectivity index (χ0) is 11.3. The van der Waals surface area contributed by atoms with E-state index in [2.05, 4.69) is 5.32 Å². The minimum absolute atomic E-state index is 0.153.